The molecule has 3 aromatic rings. The highest BCUT2D eigenvalue weighted by atomic mass is 16.1. The van der Waals surface area contributed by atoms with Crippen molar-refractivity contribution in [3.63, 3.8) is 0 Å². The maximum atomic E-state index is 12.7. The third-order valence-electron chi connectivity index (χ3n) is 3.75. The summed E-state index contributed by atoms with van der Waals surface area (Å²) in [6.07, 6.45) is 3.38. The molecule has 3 rings (SSSR count). The number of nitrogens with one attached hydrogen (secondary N) is 1. The van der Waals surface area contributed by atoms with E-state index in [1.54, 1.807) is 17.0 Å². The average Bonchev–Trinajstić information content (AvgIpc) is 2.52. The zero-order valence-corrected chi connectivity index (χ0v) is 13.6. The second-order valence-electron chi connectivity index (χ2n) is 5.94. The second-order valence-corrected chi connectivity index (χ2v) is 5.94. The topological polar surface area (TPSA) is 59.8 Å². The number of aromatic nitrogens is 3. The number of hydrogen-bond acceptors (Lipinski definition) is 4. The molecule has 2 heterocycles. The van der Waals surface area contributed by atoms with Gasteiger partial charge in [0.25, 0.3) is 5.56 Å². The molecule has 0 saturated heterocycles. The van der Waals surface area contributed by atoms with Crippen LogP contribution in [0.15, 0.2) is 47.5 Å². The van der Waals surface area contributed by atoms with Gasteiger partial charge in [0.05, 0.1) is 17.2 Å². The predicted octanol–water partition coefficient (Wildman–Crippen LogP) is 3.29. The summed E-state index contributed by atoms with van der Waals surface area (Å²) >= 11 is 0. The molecule has 0 spiro atoms. The van der Waals surface area contributed by atoms with Gasteiger partial charge in [-0.15, -0.1) is 0 Å². The molecule has 0 fully saturated rings. The first-order valence-electron chi connectivity index (χ1n) is 7.72. The van der Waals surface area contributed by atoms with Crippen LogP contribution < -0.4 is 10.9 Å². The van der Waals surface area contributed by atoms with E-state index in [0.717, 1.165) is 16.6 Å². The summed E-state index contributed by atoms with van der Waals surface area (Å²) in [7, 11) is 0. The van der Waals surface area contributed by atoms with E-state index in [0.29, 0.717) is 12.4 Å². The molecule has 0 atom stereocenters. The molecule has 0 saturated carbocycles. The summed E-state index contributed by atoms with van der Waals surface area (Å²) in [5.41, 5.74) is 3.72. The summed E-state index contributed by atoms with van der Waals surface area (Å²) in [5, 5.41) is 3.18. The van der Waals surface area contributed by atoms with Gasteiger partial charge in [0.1, 0.15) is 0 Å². The minimum atomic E-state index is -0.117. The molecule has 1 aromatic carbocycles. The first-order chi connectivity index (χ1) is 11.1. The summed E-state index contributed by atoms with van der Waals surface area (Å²) in [6.45, 7) is 6.59. The Bertz CT molecular complexity index is 899. The van der Waals surface area contributed by atoms with Crippen LogP contribution in [-0.2, 0) is 6.54 Å². The molecule has 0 radical (unpaired) electrons. The third kappa shape index (κ3) is 3.08. The van der Waals surface area contributed by atoms with Crippen molar-refractivity contribution < 1.29 is 0 Å². The predicted molar refractivity (Wildman–Crippen MR) is 92.7 cm³/mol. The highest BCUT2D eigenvalue weighted by Crippen LogP contribution is 2.15. The molecule has 5 heteroatoms. The van der Waals surface area contributed by atoms with Crippen molar-refractivity contribution in [2.75, 3.05) is 5.32 Å². The molecule has 5 nitrogen and oxygen atoms in total. The van der Waals surface area contributed by atoms with E-state index in [4.69, 9.17) is 0 Å². The van der Waals surface area contributed by atoms with Crippen molar-refractivity contribution in [1.82, 2.24) is 14.5 Å². The van der Waals surface area contributed by atoms with Gasteiger partial charge in [-0.1, -0.05) is 29.8 Å². The average molecular weight is 308 g/mol. The summed E-state index contributed by atoms with van der Waals surface area (Å²) < 4.78 is 1.73. The van der Waals surface area contributed by atoms with Gasteiger partial charge in [0, 0.05) is 18.8 Å². The Morgan fingerprint density at radius 3 is 2.83 bits per heavy atom. The lowest BCUT2D eigenvalue weighted by Gasteiger charge is -2.15. The van der Waals surface area contributed by atoms with Crippen LogP contribution in [0.2, 0.25) is 0 Å². The number of fused-ring (bicyclic) bond motifs is 1. The zero-order valence-electron chi connectivity index (χ0n) is 13.6. The third-order valence-corrected chi connectivity index (χ3v) is 3.75. The van der Waals surface area contributed by atoms with Gasteiger partial charge in [0.2, 0.25) is 0 Å². The van der Waals surface area contributed by atoms with Gasteiger partial charge in [-0.2, -0.15) is 0 Å². The van der Waals surface area contributed by atoms with Crippen molar-refractivity contribution in [3.8, 4) is 0 Å². The largest absolute Gasteiger partial charge is 0.361 e. The molecular weight excluding hydrogens is 288 g/mol. The van der Waals surface area contributed by atoms with Gasteiger partial charge in [-0.05, 0) is 32.4 Å². The summed E-state index contributed by atoms with van der Waals surface area (Å²) in [4.78, 5) is 21.3. The monoisotopic (exact) mass is 308 g/mol. The number of hydrogen-bond donors (Lipinski definition) is 1. The lowest BCUT2D eigenvalue weighted by molar-refractivity contribution is 0.598. The Labute approximate surface area is 135 Å². The van der Waals surface area contributed by atoms with E-state index in [-0.39, 0.29) is 11.6 Å². The molecule has 0 bridgehead atoms. The fourth-order valence-electron chi connectivity index (χ4n) is 2.69. The van der Waals surface area contributed by atoms with Crippen LogP contribution in [0.4, 0.5) is 5.82 Å². The van der Waals surface area contributed by atoms with E-state index in [1.807, 2.05) is 32.0 Å². The maximum Gasteiger partial charge on any atom is 0.294 e. The Hall–Kier alpha value is -2.69. The van der Waals surface area contributed by atoms with E-state index >= 15 is 0 Å². The normalized spacial score (nSPS) is 11.1. The first kappa shape index (κ1) is 15.2. The molecule has 0 aliphatic carbocycles. The molecule has 118 valence electrons. The second kappa shape index (κ2) is 6.20. The lowest BCUT2D eigenvalue weighted by atomic mass is 10.1. The van der Waals surface area contributed by atoms with Crippen LogP contribution in [-0.4, -0.2) is 14.5 Å². The summed E-state index contributed by atoms with van der Waals surface area (Å²) in [6, 6.07) is 10.1. The lowest BCUT2D eigenvalue weighted by Crippen LogP contribution is -2.27. The van der Waals surface area contributed by atoms with Crippen LogP contribution >= 0.6 is 0 Å². The van der Waals surface area contributed by atoms with Crippen LogP contribution in [0.25, 0.3) is 11.0 Å². The number of pyridine rings is 1. The molecule has 1 N–H and O–H groups in total. The van der Waals surface area contributed by atoms with Crippen LogP contribution in [0.1, 0.15) is 31.0 Å². The fraction of sp³-hybridized carbons (Fsp3) is 0.278. The van der Waals surface area contributed by atoms with Crippen molar-refractivity contribution in [2.24, 2.45) is 0 Å². The Balaban J connectivity index is 2.01. The number of rotatable bonds is 4. The molecular formula is C18H20N4O. The Morgan fingerprint density at radius 2 is 2.09 bits per heavy atom. The molecule has 0 unspecified atom stereocenters. The number of benzene rings is 1. The highest BCUT2D eigenvalue weighted by Gasteiger charge is 2.13. The van der Waals surface area contributed by atoms with Crippen LogP contribution in [0.3, 0.4) is 0 Å². The van der Waals surface area contributed by atoms with E-state index in [2.05, 4.69) is 34.3 Å². The molecule has 2 aromatic heterocycles. The van der Waals surface area contributed by atoms with Gasteiger partial charge >= 0.3 is 0 Å². The highest BCUT2D eigenvalue weighted by molar-refractivity contribution is 5.75. The molecule has 0 aliphatic rings. The van der Waals surface area contributed by atoms with Crippen LogP contribution in [0, 0.1) is 6.92 Å². The maximum absolute atomic E-state index is 12.7. The zero-order chi connectivity index (χ0) is 16.4. The number of nitrogens with zero attached hydrogens (tertiary/aromatic N) is 3. The molecule has 23 heavy (non-hydrogen) atoms. The molecule has 0 amide bonds. The van der Waals surface area contributed by atoms with Crippen molar-refractivity contribution in [3.05, 3.63) is 64.2 Å². The van der Waals surface area contributed by atoms with E-state index < -0.39 is 0 Å². The number of anilines is 1. The fourth-order valence-corrected chi connectivity index (χ4v) is 2.69. The van der Waals surface area contributed by atoms with Gasteiger partial charge in [-0.3, -0.25) is 14.3 Å². The van der Waals surface area contributed by atoms with Gasteiger partial charge in [-0.25, -0.2) is 4.98 Å². The SMILES string of the molecule is Cc1cccc(CNc2nc3ccncc3n(C(C)C)c2=O)c1. The Morgan fingerprint density at radius 1 is 1.26 bits per heavy atom. The van der Waals surface area contributed by atoms with E-state index in [9.17, 15) is 4.79 Å². The Kier molecular flexibility index (Phi) is 4.10. The van der Waals surface area contributed by atoms with Crippen LogP contribution in [0.5, 0.6) is 0 Å². The van der Waals surface area contributed by atoms with Crippen molar-refractivity contribution in [2.45, 2.75) is 33.4 Å². The summed E-state index contributed by atoms with van der Waals surface area (Å²) in [5.74, 6) is 0.374. The standard InChI is InChI=1S/C18H20N4O/c1-12(2)22-16-11-19-8-7-15(16)21-17(18(22)23)20-10-14-6-4-5-13(3)9-14/h4-9,11-12H,10H2,1-3H3,(H,20,21). The van der Waals surface area contributed by atoms with Crippen molar-refractivity contribution in [1.29, 1.82) is 0 Å². The first-order valence-corrected chi connectivity index (χ1v) is 7.72. The molecule has 0 aliphatic heterocycles. The van der Waals surface area contributed by atoms with Gasteiger partial charge in [0.15, 0.2) is 5.82 Å². The quantitative estimate of drug-likeness (QED) is 0.803. The van der Waals surface area contributed by atoms with E-state index in [1.165, 1.54) is 5.56 Å². The van der Waals surface area contributed by atoms with Crippen molar-refractivity contribution >= 4 is 16.9 Å². The van der Waals surface area contributed by atoms with Gasteiger partial charge < -0.3 is 5.32 Å². The smallest absolute Gasteiger partial charge is 0.294 e. The minimum Gasteiger partial charge on any atom is -0.361 e. The number of aryl methyl sites for hydroxylation is 1. The minimum absolute atomic E-state index is 0.0386.